The smallest absolute Gasteiger partial charge is 0.275 e. The summed E-state index contributed by atoms with van der Waals surface area (Å²) in [7, 11) is 0. The molecular weight excluding hydrogens is 338 g/mol. The molecule has 0 saturated carbocycles. The normalized spacial score (nSPS) is 14.7. The lowest BCUT2D eigenvalue weighted by Gasteiger charge is -2.26. The van der Waals surface area contributed by atoms with Gasteiger partial charge in [-0.25, -0.2) is 19.3 Å². The van der Waals surface area contributed by atoms with Gasteiger partial charge >= 0.3 is 0 Å². The number of nitrogens with zero attached hydrogens (tertiary/aromatic N) is 1. The highest BCUT2D eigenvalue weighted by Gasteiger charge is 2.25. The van der Waals surface area contributed by atoms with Crippen molar-refractivity contribution < 1.29 is 33.2 Å². The molecule has 1 aromatic rings. The molecule has 1 fully saturated rings. The van der Waals surface area contributed by atoms with Crippen LogP contribution in [0.2, 0.25) is 0 Å². The molecule has 2 N–H and O–H groups in total. The van der Waals surface area contributed by atoms with E-state index < -0.39 is 17.5 Å². The molecule has 0 atom stereocenters. The van der Waals surface area contributed by atoms with Gasteiger partial charge in [-0.2, -0.15) is 0 Å². The summed E-state index contributed by atoms with van der Waals surface area (Å²) in [5.41, 5.74) is 1.69. The topological polar surface area (TPSA) is 88.1 Å². The third-order valence-corrected chi connectivity index (χ3v) is 3.71. The summed E-state index contributed by atoms with van der Waals surface area (Å²) >= 11 is 0. The minimum absolute atomic E-state index is 0.0882. The molecule has 9 heteroatoms. The highest BCUT2D eigenvalue weighted by atomic mass is 19.2. The van der Waals surface area contributed by atoms with Crippen LogP contribution in [0.5, 0.6) is 0 Å². The molecule has 2 rings (SSSR count). The molecule has 1 aromatic carbocycles. The van der Waals surface area contributed by atoms with Crippen LogP contribution >= 0.6 is 0 Å². The molecule has 0 radical (unpaired) electrons. The Balaban J connectivity index is 2.30. The molecule has 138 valence electrons. The predicted octanol–water partition coefficient (Wildman–Crippen LogP) is 1.23. The summed E-state index contributed by atoms with van der Waals surface area (Å²) < 4.78 is 28.7. The highest BCUT2D eigenvalue weighted by Crippen LogP contribution is 2.24. The van der Waals surface area contributed by atoms with Gasteiger partial charge in [0.1, 0.15) is 0 Å². The van der Waals surface area contributed by atoms with Crippen molar-refractivity contribution in [2.24, 2.45) is 0 Å². The lowest BCUT2D eigenvalue weighted by Crippen LogP contribution is -2.35. The fraction of sp³-hybridized carbons (Fsp3) is 0.500. The molecule has 0 aliphatic carbocycles. The molecule has 0 aromatic heterocycles. The molecule has 0 bridgehead atoms. The van der Waals surface area contributed by atoms with Gasteiger partial charge in [-0.3, -0.25) is 19.3 Å². The van der Waals surface area contributed by atoms with Crippen molar-refractivity contribution in [3.63, 3.8) is 0 Å². The number of rotatable bonds is 7. The molecule has 0 unspecified atom stereocenters. The lowest BCUT2D eigenvalue weighted by atomic mass is 9.99. The van der Waals surface area contributed by atoms with E-state index in [1.807, 2.05) is 0 Å². The third kappa shape index (κ3) is 4.50. The van der Waals surface area contributed by atoms with Crippen molar-refractivity contribution in [2.45, 2.75) is 32.7 Å². The van der Waals surface area contributed by atoms with Crippen LogP contribution in [0.25, 0.3) is 0 Å². The van der Waals surface area contributed by atoms with E-state index in [1.165, 1.54) is 6.07 Å². The Morgan fingerprint density at radius 2 is 2.20 bits per heavy atom. The average Bonchev–Trinajstić information content (AvgIpc) is 2.60. The minimum Gasteiger partial charge on any atom is -0.394 e. The maximum atomic E-state index is 14.3. The van der Waals surface area contributed by atoms with Gasteiger partial charge in [0, 0.05) is 23.1 Å². The Morgan fingerprint density at radius 3 is 2.84 bits per heavy atom. The first-order valence-corrected chi connectivity index (χ1v) is 7.95. The second-order valence-corrected chi connectivity index (χ2v) is 5.41. The third-order valence-electron chi connectivity index (χ3n) is 3.71. The SMILES string of the molecule is CCc1c(C(=O)NOCCO)cc(CN2OCCCC2=O)c(F)c1F. The number of hydroxylamine groups is 3. The predicted molar refractivity (Wildman–Crippen MR) is 82.0 cm³/mol. The van der Waals surface area contributed by atoms with E-state index in [1.54, 1.807) is 6.92 Å². The van der Waals surface area contributed by atoms with E-state index in [9.17, 15) is 18.4 Å². The number of nitrogens with one attached hydrogen (secondary N) is 1. The summed E-state index contributed by atoms with van der Waals surface area (Å²) in [6, 6.07) is 1.18. The maximum Gasteiger partial charge on any atom is 0.275 e. The van der Waals surface area contributed by atoms with E-state index in [0.717, 1.165) is 5.06 Å². The summed E-state index contributed by atoms with van der Waals surface area (Å²) in [6.45, 7) is 1.15. The molecule has 2 amide bonds. The van der Waals surface area contributed by atoms with Gasteiger partial charge in [-0.1, -0.05) is 6.92 Å². The standard InChI is InChI=1S/C16H20F2N2O5/c1-2-11-12(16(23)19-24-7-5-21)8-10(14(17)15(11)18)9-20-13(22)4-3-6-25-20/h8,21H,2-7,9H2,1H3,(H,19,23). The fourth-order valence-electron chi connectivity index (χ4n) is 2.48. The van der Waals surface area contributed by atoms with Crippen molar-refractivity contribution >= 4 is 11.8 Å². The van der Waals surface area contributed by atoms with Crippen molar-refractivity contribution in [2.75, 3.05) is 19.8 Å². The molecule has 25 heavy (non-hydrogen) atoms. The number of halogens is 2. The van der Waals surface area contributed by atoms with Crippen LogP contribution in [-0.4, -0.2) is 41.8 Å². The molecule has 1 aliphatic rings. The summed E-state index contributed by atoms with van der Waals surface area (Å²) in [5, 5.41) is 9.61. The van der Waals surface area contributed by atoms with Crippen molar-refractivity contribution in [3.8, 4) is 0 Å². The number of hydrogen-bond donors (Lipinski definition) is 2. The summed E-state index contributed by atoms with van der Waals surface area (Å²) in [5.74, 6) is -3.36. The number of carbonyl (C=O) groups excluding carboxylic acids is 2. The lowest BCUT2D eigenvalue weighted by molar-refractivity contribution is -0.202. The quantitative estimate of drug-likeness (QED) is 0.566. The van der Waals surface area contributed by atoms with Crippen LogP contribution in [0.3, 0.4) is 0 Å². The zero-order valence-electron chi connectivity index (χ0n) is 13.8. The zero-order valence-corrected chi connectivity index (χ0v) is 13.8. The van der Waals surface area contributed by atoms with Crippen LogP contribution in [0.15, 0.2) is 6.07 Å². The largest absolute Gasteiger partial charge is 0.394 e. The van der Waals surface area contributed by atoms with Crippen molar-refractivity contribution in [1.29, 1.82) is 0 Å². The molecule has 1 saturated heterocycles. The Kier molecular flexibility index (Phi) is 6.80. The Labute approximate surface area is 143 Å². The van der Waals surface area contributed by atoms with Gasteiger partial charge in [-0.15, -0.1) is 0 Å². The van der Waals surface area contributed by atoms with Crippen molar-refractivity contribution in [3.05, 3.63) is 34.4 Å². The molecule has 1 aliphatic heterocycles. The Bertz CT molecular complexity index is 654. The monoisotopic (exact) mass is 358 g/mol. The molecule has 7 nitrogen and oxygen atoms in total. The second kappa shape index (κ2) is 8.84. The number of aliphatic hydroxyl groups is 1. The first kappa shape index (κ1) is 19.2. The van der Waals surface area contributed by atoms with Crippen LogP contribution in [-0.2, 0) is 27.4 Å². The number of aliphatic hydroxyl groups excluding tert-OH is 1. The van der Waals surface area contributed by atoms with Crippen molar-refractivity contribution in [1.82, 2.24) is 10.5 Å². The van der Waals surface area contributed by atoms with Crippen LogP contribution < -0.4 is 5.48 Å². The van der Waals surface area contributed by atoms with Crippen LogP contribution in [0.4, 0.5) is 8.78 Å². The first-order chi connectivity index (χ1) is 12.0. The molecule has 1 heterocycles. The van der Waals surface area contributed by atoms with Gasteiger partial charge in [0.2, 0.25) is 5.91 Å². The second-order valence-electron chi connectivity index (χ2n) is 5.41. The first-order valence-electron chi connectivity index (χ1n) is 7.95. The molecular formula is C16H20F2N2O5. The number of benzene rings is 1. The van der Waals surface area contributed by atoms with Gasteiger partial charge in [0.15, 0.2) is 11.6 Å². The van der Waals surface area contributed by atoms with E-state index in [4.69, 9.17) is 14.8 Å². The maximum absolute atomic E-state index is 14.3. The Morgan fingerprint density at radius 1 is 1.44 bits per heavy atom. The minimum atomic E-state index is -1.14. The van der Waals surface area contributed by atoms with Gasteiger partial charge < -0.3 is 5.11 Å². The van der Waals surface area contributed by atoms with E-state index >= 15 is 0 Å². The number of hydrogen-bond acceptors (Lipinski definition) is 5. The summed E-state index contributed by atoms with van der Waals surface area (Å²) in [4.78, 5) is 33.8. The highest BCUT2D eigenvalue weighted by molar-refractivity contribution is 5.95. The van der Waals surface area contributed by atoms with Crippen LogP contribution in [0, 0.1) is 11.6 Å². The number of amides is 2. The van der Waals surface area contributed by atoms with E-state index in [0.29, 0.717) is 13.0 Å². The zero-order chi connectivity index (χ0) is 18.4. The van der Waals surface area contributed by atoms with Crippen LogP contribution in [0.1, 0.15) is 41.3 Å². The molecule has 0 spiro atoms. The van der Waals surface area contributed by atoms with Gasteiger partial charge in [0.05, 0.1) is 26.4 Å². The van der Waals surface area contributed by atoms with Gasteiger partial charge in [0.25, 0.3) is 5.91 Å². The summed E-state index contributed by atoms with van der Waals surface area (Å²) in [6.07, 6.45) is 0.918. The van der Waals surface area contributed by atoms with E-state index in [2.05, 4.69) is 5.48 Å². The Hall–Kier alpha value is -2.10. The average molecular weight is 358 g/mol. The number of carbonyl (C=O) groups is 2. The van der Waals surface area contributed by atoms with Gasteiger partial charge in [-0.05, 0) is 18.9 Å². The van der Waals surface area contributed by atoms with E-state index in [-0.39, 0.29) is 55.2 Å². The fourth-order valence-corrected chi connectivity index (χ4v) is 2.48.